The van der Waals surface area contributed by atoms with E-state index in [0.717, 1.165) is 16.5 Å². The Bertz CT molecular complexity index is 448. The second kappa shape index (κ2) is 3.22. The molecular formula is C9H8Cl2N2. The number of nitrogens with one attached hydrogen (secondary N) is 1. The van der Waals surface area contributed by atoms with Gasteiger partial charge >= 0.3 is 0 Å². The summed E-state index contributed by atoms with van der Waals surface area (Å²) in [6.45, 7) is 0.431. The fourth-order valence-corrected chi connectivity index (χ4v) is 1.85. The minimum absolute atomic E-state index is 0.431. The van der Waals surface area contributed by atoms with E-state index in [4.69, 9.17) is 28.9 Å². The fraction of sp³-hybridized carbons (Fsp3) is 0.111. The molecule has 0 spiro atoms. The van der Waals surface area contributed by atoms with E-state index in [2.05, 4.69) is 4.98 Å². The smallest absolute Gasteiger partial charge is 0.111 e. The van der Waals surface area contributed by atoms with Crippen LogP contribution in [0.25, 0.3) is 10.9 Å². The molecule has 2 aromatic rings. The van der Waals surface area contributed by atoms with Crippen molar-refractivity contribution in [2.75, 3.05) is 0 Å². The lowest BCUT2D eigenvalue weighted by molar-refractivity contribution is 1.08. The molecule has 1 aromatic carbocycles. The van der Waals surface area contributed by atoms with E-state index in [0.29, 0.717) is 16.7 Å². The van der Waals surface area contributed by atoms with Crippen LogP contribution in [0.2, 0.25) is 10.2 Å². The number of benzene rings is 1. The van der Waals surface area contributed by atoms with Crippen LogP contribution in [0, 0.1) is 0 Å². The summed E-state index contributed by atoms with van der Waals surface area (Å²) in [7, 11) is 0. The monoisotopic (exact) mass is 214 g/mol. The van der Waals surface area contributed by atoms with E-state index in [9.17, 15) is 0 Å². The van der Waals surface area contributed by atoms with Crippen molar-refractivity contribution in [3.8, 4) is 0 Å². The van der Waals surface area contributed by atoms with Crippen LogP contribution in [0.4, 0.5) is 0 Å². The molecule has 0 radical (unpaired) electrons. The van der Waals surface area contributed by atoms with Gasteiger partial charge in [0, 0.05) is 28.0 Å². The van der Waals surface area contributed by atoms with Gasteiger partial charge < -0.3 is 10.7 Å². The van der Waals surface area contributed by atoms with Gasteiger partial charge in [-0.1, -0.05) is 29.3 Å². The molecule has 0 aliphatic heterocycles. The van der Waals surface area contributed by atoms with Crippen molar-refractivity contribution in [2.45, 2.75) is 6.54 Å². The van der Waals surface area contributed by atoms with E-state index in [1.165, 1.54) is 0 Å². The quantitative estimate of drug-likeness (QED) is 0.754. The minimum Gasteiger partial charge on any atom is -0.345 e. The summed E-state index contributed by atoms with van der Waals surface area (Å²) in [5.74, 6) is 0. The molecule has 0 fully saturated rings. The van der Waals surface area contributed by atoms with Crippen molar-refractivity contribution < 1.29 is 0 Å². The Hall–Kier alpha value is -0.700. The van der Waals surface area contributed by atoms with Crippen LogP contribution in [0.1, 0.15) is 5.56 Å². The van der Waals surface area contributed by atoms with Crippen molar-refractivity contribution >= 4 is 34.1 Å². The predicted molar refractivity (Wildman–Crippen MR) is 56.2 cm³/mol. The highest BCUT2D eigenvalue weighted by atomic mass is 35.5. The Kier molecular flexibility index (Phi) is 2.20. The first-order valence-corrected chi connectivity index (χ1v) is 4.63. The van der Waals surface area contributed by atoms with Crippen LogP contribution in [0.15, 0.2) is 18.2 Å². The summed E-state index contributed by atoms with van der Waals surface area (Å²) in [6, 6.07) is 5.58. The third-order valence-electron chi connectivity index (χ3n) is 2.02. The van der Waals surface area contributed by atoms with Gasteiger partial charge in [-0.25, -0.2) is 0 Å². The molecule has 1 heterocycles. The molecule has 4 heteroatoms. The Labute approximate surface area is 85.6 Å². The minimum atomic E-state index is 0.431. The highest BCUT2D eigenvalue weighted by Gasteiger charge is 2.07. The number of fused-ring (bicyclic) bond motifs is 1. The highest BCUT2D eigenvalue weighted by Crippen LogP contribution is 2.27. The molecule has 2 rings (SSSR count). The van der Waals surface area contributed by atoms with Gasteiger partial charge in [-0.15, -0.1) is 0 Å². The van der Waals surface area contributed by atoms with Crippen LogP contribution < -0.4 is 5.73 Å². The van der Waals surface area contributed by atoms with Gasteiger partial charge in [-0.3, -0.25) is 0 Å². The summed E-state index contributed by atoms with van der Waals surface area (Å²) in [5, 5.41) is 2.32. The lowest BCUT2D eigenvalue weighted by Gasteiger charge is -1.94. The molecule has 3 N–H and O–H groups in total. The fourth-order valence-electron chi connectivity index (χ4n) is 1.39. The molecule has 0 saturated heterocycles. The van der Waals surface area contributed by atoms with Gasteiger partial charge in [-0.05, 0) is 12.1 Å². The molecule has 0 atom stereocenters. The Morgan fingerprint density at radius 3 is 2.77 bits per heavy atom. The van der Waals surface area contributed by atoms with Crippen LogP contribution in [0.3, 0.4) is 0 Å². The van der Waals surface area contributed by atoms with Gasteiger partial charge in [0.2, 0.25) is 0 Å². The Morgan fingerprint density at radius 2 is 2.08 bits per heavy atom. The summed E-state index contributed by atoms with van der Waals surface area (Å²) in [6.07, 6.45) is 0. The zero-order valence-corrected chi connectivity index (χ0v) is 8.28. The first-order chi connectivity index (χ1) is 6.22. The van der Waals surface area contributed by atoms with Gasteiger partial charge in [0.05, 0.1) is 0 Å². The van der Waals surface area contributed by atoms with Crippen molar-refractivity contribution in [3.63, 3.8) is 0 Å². The average molecular weight is 215 g/mol. The maximum atomic E-state index is 5.94. The number of rotatable bonds is 1. The lowest BCUT2D eigenvalue weighted by Crippen LogP contribution is -1.95. The second-order valence-electron chi connectivity index (χ2n) is 2.81. The van der Waals surface area contributed by atoms with Crippen molar-refractivity contribution in [3.05, 3.63) is 33.9 Å². The van der Waals surface area contributed by atoms with Gasteiger partial charge in [-0.2, -0.15) is 0 Å². The van der Waals surface area contributed by atoms with Crippen LogP contribution in [-0.2, 0) is 6.54 Å². The molecule has 13 heavy (non-hydrogen) atoms. The number of H-pyrrole nitrogens is 1. The number of aromatic nitrogens is 1. The number of hydrogen-bond donors (Lipinski definition) is 2. The van der Waals surface area contributed by atoms with E-state index in [1.807, 2.05) is 18.2 Å². The number of aromatic amines is 1. The first-order valence-electron chi connectivity index (χ1n) is 3.88. The number of nitrogens with two attached hydrogens (primary N) is 1. The molecular weight excluding hydrogens is 207 g/mol. The molecule has 0 amide bonds. The Balaban J connectivity index is 2.79. The molecule has 2 nitrogen and oxygen atoms in total. The van der Waals surface area contributed by atoms with E-state index < -0.39 is 0 Å². The first kappa shape index (κ1) is 8.88. The molecule has 0 aliphatic carbocycles. The highest BCUT2D eigenvalue weighted by molar-refractivity contribution is 6.33. The van der Waals surface area contributed by atoms with Crippen LogP contribution in [-0.4, -0.2) is 4.98 Å². The lowest BCUT2D eigenvalue weighted by atomic mass is 10.2. The van der Waals surface area contributed by atoms with Gasteiger partial charge in [0.25, 0.3) is 0 Å². The summed E-state index contributed by atoms with van der Waals surface area (Å²) >= 11 is 11.8. The molecule has 68 valence electrons. The second-order valence-corrected chi connectivity index (χ2v) is 3.63. The number of halogens is 2. The van der Waals surface area contributed by atoms with Crippen molar-refractivity contribution in [1.82, 2.24) is 4.98 Å². The van der Waals surface area contributed by atoms with Crippen LogP contribution in [0.5, 0.6) is 0 Å². The topological polar surface area (TPSA) is 41.8 Å². The molecule has 0 bridgehead atoms. The predicted octanol–water partition coefficient (Wildman–Crippen LogP) is 2.93. The SMILES string of the molecule is NCc1c(Cl)[nH]c2cc(Cl)ccc12. The zero-order valence-electron chi connectivity index (χ0n) is 6.77. The van der Waals surface area contributed by atoms with Gasteiger partial charge in [0.1, 0.15) is 5.15 Å². The van der Waals surface area contributed by atoms with Crippen molar-refractivity contribution in [2.24, 2.45) is 5.73 Å². The summed E-state index contributed by atoms with van der Waals surface area (Å²) in [5.41, 5.74) is 7.43. The van der Waals surface area contributed by atoms with E-state index >= 15 is 0 Å². The standard InChI is InChI=1S/C9H8Cl2N2/c10-5-1-2-6-7(4-12)9(11)13-8(6)3-5/h1-3,13H,4,12H2. The molecule has 0 saturated carbocycles. The maximum Gasteiger partial charge on any atom is 0.111 e. The normalized spacial score (nSPS) is 11.0. The molecule has 0 unspecified atom stereocenters. The Morgan fingerprint density at radius 1 is 1.31 bits per heavy atom. The molecule has 0 aliphatic rings. The van der Waals surface area contributed by atoms with Gasteiger partial charge in [0.15, 0.2) is 0 Å². The average Bonchev–Trinajstić information content (AvgIpc) is 2.39. The summed E-state index contributed by atoms with van der Waals surface area (Å²) < 4.78 is 0. The van der Waals surface area contributed by atoms with E-state index in [1.54, 1.807) is 0 Å². The summed E-state index contributed by atoms with van der Waals surface area (Å²) in [4.78, 5) is 3.02. The number of hydrogen-bond acceptors (Lipinski definition) is 1. The maximum absolute atomic E-state index is 5.94. The zero-order chi connectivity index (χ0) is 9.42. The third-order valence-corrected chi connectivity index (χ3v) is 2.58. The van der Waals surface area contributed by atoms with Crippen LogP contribution >= 0.6 is 23.2 Å². The van der Waals surface area contributed by atoms with E-state index in [-0.39, 0.29) is 0 Å². The van der Waals surface area contributed by atoms with Crippen molar-refractivity contribution in [1.29, 1.82) is 0 Å². The largest absolute Gasteiger partial charge is 0.345 e. The molecule has 1 aromatic heterocycles. The third kappa shape index (κ3) is 1.41.